The van der Waals surface area contributed by atoms with Crippen LogP contribution in [0, 0.1) is 11.7 Å². The lowest BCUT2D eigenvalue weighted by molar-refractivity contribution is -0.137. The molecule has 2 saturated heterocycles. The molecule has 0 spiro atoms. The first-order valence-corrected chi connectivity index (χ1v) is 12.7. The number of hydrogen-bond donors (Lipinski definition) is 1. The fourth-order valence-electron chi connectivity index (χ4n) is 4.58. The Balaban J connectivity index is 1.22. The van der Waals surface area contributed by atoms with Gasteiger partial charge in [-0.3, -0.25) is 9.89 Å². The first-order valence-electron chi connectivity index (χ1n) is 11.3. The SMILES string of the molecule is O=C(C1CCCN(S(=O)(=O)c2ccc(-c3ccn[nH]3)o2)C1)N1CCN(c2ccc(F)cc2)CC1. The normalized spacial score (nSPS) is 20.0. The van der Waals surface area contributed by atoms with Crippen molar-refractivity contribution in [1.82, 2.24) is 19.4 Å². The van der Waals surface area contributed by atoms with Crippen molar-refractivity contribution < 1.29 is 22.0 Å². The second-order valence-electron chi connectivity index (χ2n) is 8.58. The number of sulfonamides is 1. The number of H-pyrrole nitrogens is 1. The van der Waals surface area contributed by atoms with Gasteiger partial charge in [-0.2, -0.15) is 9.40 Å². The fraction of sp³-hybridized carbons (Fsp3) is 0.391. The first-order chi connectivity index (χ1) is 16.4. The van der Waals surface area contributed by atoms with Crippen LogP contribution in [0.1, 0.15) is 12.8 Å². The maximum Gasteiger partial charge on any atom is 0.276 e. The molecular formula is C23H26FN5O4S. The Morgan fingerprint density at radius 3 is 2.50 bits per heavy atom. The second-order valence-corrected chi connectivity index (χ2v) is 10.4. The Labute approximate surface area is 197 Å². The van der Waals surface area contributed by atoms with Crippen molar-refractivity contribution in [2.45, 2.75) is 17.9 Å². The topological polar surface area (TPSA) is 103 Å². The predicted molar refractivity (Wildman–Crippen MR) is 123 cm³/mol. The van der Waals surface area contributed by atoms with Crippen LogP contribution in [0.15, 0.2) is 58.2 Å². The van der Waals surface area contributed by atoms with E-state index in [4.69, 9.17) is 4.42 Å². The molecule has 1 N–H and O–H groups in total. The van der Waals surface area contributed by atoms with E-state index in [0.717, 1.165) is 5.69 Å². The van der Waals surface area contributed by atoms with Crippen molar-refractivity contribution in [1.29, 1.82) is 0 Å². The number of piperazine rings is 1. The standard InChI is InChI=1S/C23H26FN5O4S/c24-18-3-5-19(6-4-18)27-12-14-28(15-13-27)23(30)17-2-1-11-29(16-17)34(31,32)22-8-7-21(33-22)20-9-10-25-26-20/h3-10,17H,1-2,11-16H2,(H,25,26). The highest BCUT2D eigenvalue weighted by atomic mass is 32.2. The van der Waals surface area contributed by atoms with E-state index < -0.39 is 10.0 Å². The number of halogens is 1. The van der Waals surface area contributed by atoms with E-state index in [9.17, 15) is 17.6 Å². The molecule has 2 aliphatic heterocycles. The molecule has 9 nitrogen and oxygen atoms in total. The summed E-state index contributed by atoms with van der Waals surface area (Å²) in [5, 5.41) is 6.46. The quantitative estimate of drug-likeness (QED) is 0.594. The molecule has 2 aromatic heterocycles. The van der Waals surface area contributed by atoms with Gasteiger partial charge < -0.3 is 14.2 Å². The van der Waals surface area contributed by atoms with Crippen LogP contribution in [0.3, 0.4) is 0 Å². The molecule has 180 valence electrons. The van der Waals surface area contributed by atoms with Gasteiger partial charge in [0.25, 0.3) is 10.0 Å². The van der Waals surface area contributed by atoms with Gasteiger partial charge in [0.05, 0.1) is 5.92 Å². The Bertz CT molecular complexity index is 1230. The molecule has 4 heterocycles. The lowest BCUT2D eigenvalue weighted by atomic mass is 9.97. The zero-order chi connectivity index (χ0) is 23.7. The number of carbonyl (C=O) groups is 1. The van der Waals surface area contributed by atoms with Gasteiger partial charge in [0, 0.05) is 51.2 Å². The summed E-state index contributed by atoms with van der Waals surface area (Å²) in [6.45, 7) is 2.88. The number of piperidine rings is 1. The molecule has 0 bridgehead atoms. The third-order valence-corrected chi connectivity index (χ3v) is 8.20. The van der Waals surface area contributed by atoms with Crippen molar-refractivity contribution >= 4 is 21.6 Å². The van der Waals surface area contributed by atoms with Gasteiger partial charge >= 0.3 is 0 Å². The van der Waals surface area contributed by atoms with Crippen LogP contribution in [0.2, 0.25) is 0 Å². The van der Waals surface area contributed by atoms with E-state index in [0.29, 0.717) is 57.0 Å². The van der Waals surface area contributed by atoms with Gasteiger partial charge in [0.15, 0.2) is 5.76 Å². The third-order valence-electron chi connectivity index (χ3n) is 6.46. The maximum absolute atomic E-state index is 13.2. The molecule has 1 atom stereocenters. The number of amides is 1. The summed E-state index contributed by atoms with van der Waals surface area (Å²) >= 11 is 0. The minimum absolute atomic E-state index is 0.0174. The van der Waals surface area contributed by atoms with E-state index in [1.54, 1.807) is 30.5 Å². The van der Waals surface area contributed by atoms with Gasteiger partial charge in [-0.05, 0) is 55.3 Å². The number of anilines is 1. The maximum atomic E-state index is 13.2. The minimum atomic E-state index is -3.86. The predicted octanol–water partition coefficient (Wildman–Crippen LogP) is 2.56. The highest BCUT2D eigenvalue weighted by Gasteiger charge is 2.37. The zero-order valence-electron chi connectivity index (χ0n) is 18.6. The molecular weight excluding hydrogens is 461 g/mol. The van der Waals surface area contributed by atoms with Gasteiger partial charge in [-0.15, -0.1) is 0 Å². The molecule has 5 rings (SSSR count). The van der Waals surface area contributed by atoms with Crippen LogP contribution in [0.25, 0.3) is 11.5 Å². The van der Waals surface area contributed by atoms with Crippen LogP contribution in [0.4, 0.5) is 10.1 Å². The highest BCUT2D eigenvalue weighted by Crippen LogP contribution is 2.29. The molecule has 34 heavy (non-hydrogen) atoms. The van der Waals surface area contributed by atoms with Gasteiger partial charge in [-0.25, -0.2) is 12.8 Å². The number of furan rings is 1. The second kappa shape index (κ2) is 9.22. The van der Waals surface area contributed by atoms with Crippen molar-refractivity contribution in [3.8, 4) is 11.5 Å². The monoisotopic (exact) mass is 487 g/mol. The first kappa shape index (κ1) is 22.6. The Hall–Kier alpha value is -3.18. The van der Waals surface area contributed by atoms with E-state index in [1.807, 2.05) is 4.90 Å². The average Bonchev–Trinajstić information content (AvgIpc) is 3.57. The number of benzene rings is 1. The van der Waals surface area contributed by atoms with Crippen LogP contribution in [-0.2, 0) is 14.8 Å². The van der Waals surface area contributed by atoms with Crippen LogP contribution in [-0.4, -0.2) is 73.0 Å². The molecule has 1 unspecified atom stereocenters. The van der Waals surface area contributed by atoms with E-state index >= 15 is 0 Å². The molecule has 2 fully saturated rings. The summed E-state index contributed by atoms with van der Waals surface area (Å²) in [4.78, 5) is 17.1. The molecule has 1 aromatic carbocycles. The van der Waals surface area contributed by atoms with Gasteiger partial charge in [0.1, 0.15) is 11.5 Å². The molecule has 0 radical (unpaired) electrons. The molecule has 3 aromatic rings. The number of carbonyl (C=O) groups excluding carboxylic acids is 1. The van der Waals surface area contributed by atoms with Crippen LogP contribution >= 0.6 is 0 Å². The van der Waals surface area contributed by atoms with Gasteiger partial charge in [-0.1, -0.05) is 0 Å². The molecule has 2 aliphatic rings. The molecule has 11 heteroatoms. The van der Waals surface area contributed by atoms with Crippen molar-refractivity contribution in [3.05, 3.63) is 54.5 Å². The highest BCUT2D eigenvalue weighted by molar-refractivity contribution is 7.89. The Morgan fingerprint density at radius 1 is 1.03 bits per heavy atom. The fourth-order valence-corrected chi connectivity index (χ4v) is 6.02. The Morgan fingerprint density at radius 2 is 1.79 bits per heavy atom. The smallest absolute Gasteiger partial charge is 0.276 e. The largest absolute Gasteiger partial charge is 0.442 e. The van der Waals surface area contributed by atoms with E-state index in [2.05, 4.69) is 15.1 Å². The summed E-state index contributed by atoms with van der Waals surface area (Å²) in [5.74, 6) is -0.291. The van der Waals surface area contributed by atoms with Crippen molar-refractivity contribution in [2.24, 2.45) is 5.92 Å². The number of aromatic amines is 1. The number of rotatable bonds is 5. The van der Waals surface area contributed by atoms with E-state index in [1.165, 1.54) is 22.5 Å². The number of nitrogens with zero attached hydrogens (tertiary/aromatic N) is 4. The molecule has 0 aliphatic carbocycles. The van der Waals surface area contributed by atoms with E-state index in [-0.39, 0.29) is 29.3 Å². The zero-order valence-corrected chi connectivity index (χ0v) is 19.4. The summed E-state index contributed by atoms with van der Waals surface area (Å²) in [5.41, 5.74) is 1.52. The minimum Gasteiger partial charge on any atom is -0.442 e. The summed E-state index contributed by atoms with van der Waals surface area (Å²) < 4.78 is 46.5. The molecule has 0 saturated carbocycles. The summed E-state index contributed by atoms with van der Waals surface area (Å²) in [7, 11) is -3.86. The van der Waals surface area contributed by atoms with Crippen LogP contribution in [0.5, 0.6) is 0 Å². The van der Waals surface area contributed by atoms with Crippen molar-refractivity contribution in [3.63, 3.8) is 0 Å². The third kappa shape index (κ3) is 4.45. The number of nitrogens with one attached hydrogen (secondary N) is 1. The van der Waals surface area contributed by atoms with Gasteiger partial charge in [0.2, 0.25) is 11.0 Å². The summed E-state index contributed by atoms with van der Waals surface area (Å²) in [6.07, 6.45) is 2.83. The Kier molecular flexibility index (Phi) is 6.13. The molecule has 1 amide bonds. The lowest BCUT2D eigenvalue weighted by Crippen LogP contribution is -2.53. The number of aromatic nitrogens is 2. The van der Waals surface area contributed by atoms with Crippen molar-refractivity contribution in [2.75, 3.05) is 44.2 Å². The number of hydrogen-bond acceptors (Lipinski definition) is 6. The lowest BCUT2D eigenvalue weighted by Gasteiger charge is -2.39. The summed E-state index contributed by atoms with van der Waals surface area (Å²) in [6, 6.07) is 11.1. The van der Waals surface area contributed by atoms with Crippen LogP contribution < -0.4 is 4.90 Å². The average molecular weight is 488 g/mol.